The van der Waals surface area contributed by atoms with E-state index in [4.69, 9.17) is 0 Å². The summed E-state index contributed by atoms with van der Waals surface area (Å²) in [6, 6.07) is 25.7. The number of rotatable bonds is 2. The Morgan fingerprint density at radius 1 is 0.667 bits per heavy atom. The van der Waals surface area contributed by atoms with Crippen molar-refractivity contribution in [3.05, 3.63) is 91.5 Å². The maximum atomic E-state index is 4.15. The second-order valence-electron chi connectivity index (χ2n) is 5.86. The number of fused-ring (bicyclic) bond motifs is 3. The first-order valence-electron chi connectivity index (χ1n) is 7.99. The number of aromatic nitrogens is 3. The van der Waals surface area contributed by atoms with Crippen LogP contribution in [-0.2, 0) is 0 Å². The summed E-state index contributed by atoms with van der Waals surface area (Å²) < 4.78 is 4.35. The van der Waals surface area contributed by atoms with Gasteiger partial charge in [-0.05, 0) is 30.3 Å². The van der Waals surface area contributed by atoms with Crippen molar-refractivity contribution in [1.29, 1.82) is 0 Å². The molecule has 2 aromatic heterocycles. The van der Waals surface area contributed by atoms with Crippen molar-refractivity contribution in [3.63, 3.8) is 0 Å². The minimum Gasteiger partial charge on any atom is -0.309 e. The van der Waals surface area contributed by atoms with Gasteiger partial charge in [0.05, 0.1) is 17.4 Å². The fourth-order valence-corrected chi connectivity index (χ4v) is 3.41. The Kier molecular flexibility index (Phi) is 2.79. The Bertz CT molecular complexity index is 1100. The van der Waals surface area contributed by atoms with E-state index in [2.05, 4.69) is 82.3 Å². The van der Waals surface area contributed by atoms with E-state index in [-0.39, 0.29) is 0 Å². The molecule has 5 rings (SSSR count). The van der Waals surface area contributed by atoms with Crippen molar-refractivity contribution in [1.82, 2.24) is 14.1 Å². The molecule has 0 unspecified atom stereocenters. The molecule has 0 bridgehead atoms. The molecule has 0 aliphatic heterocycles. The van der Waals surface area contributed by atoms with Crippen LogP contribution in [0.5, 0.6) is 0 Å². The lowest BCUT2D eigenvalue weighted by Gasteiger charge is -2.10. The molecule has 114 valence electrons. The first kappa shape index (κ1) is 13.1. The van der Waals surface area contributed by atoms with Crippen LogP contribution in [0.25, 0.3) is 33.2 Å². The van der Waals surface area contributed by atoms with E-state index in [0.717, 1.165) is 11.4 Å². The molecule has 0 radical (unpaired) electrons. The molecular weight excluding hydrogens is 294 g/mol. The van der Waals surface area contributed by atoms with Crippen LogP contribution in [-0.4, -0.2) is 14.1 Å². The number of hydrogen-bond donors (Lipinski definition) is 0. The van der Waals surface area contributed by atoms with Crippen molar-refractivity contribution < 1.29 is 0 Å². The molecule has 0 aliphatic rings. The van der Waals surface area contributed by atoms with Gasteiger partial charge in [-0.2, -0.15) is 0 Å². The van der Waals surface area contributed by atoms with Crippen LogP contribution in [0.15, 0.2) is 91.5 Å². The van der Waals surface area contributed by atoms with Crippen LogP contribution in [0.3, 0.4) is 0 Å². The smallest absolute Gasteiger partial charge is 0.0991 e. The molecule has 0 atom stereocenters. The SMILES string of the molecule is c1cc(-n2ccnc2)cc(-n2c3ccccc3c3ccccc32)c1. The van der Waals surface area contributed by atoms with Gasteiger partial charge in [-0.1, -0.05) is 42.5 Å². The maximum Gasteiger partial charge on any atom is 0.0991 e. The van der Waals surface area contributed by atoms with E-state index in [1.165, 1.54) is 21.8 Å². The Balaban J connectivity index is 1.84. The summed E-state index contributed by atoms with van der Waals surface area (Å²) in [5, 5.41) is 2.56. The lowest BCUT2D eigenvalue weighted by Crippen LogP contribution is -1.96. The van der Waals surface area contributed by atoms with Gasteiger partial charge in [-0.15, -0.1) is 0 Å². The van der Waals surface area contributed by atoms with Crippen LogP contribution in [0, 0.1) is 0 Å². The molecular formula is C21H15N3. The van der Waals surface area contributed by atoms with Gasteiger partial charge in [-0.25, -0.2) is 4.98 Å². The zero-order chi connectivity index (χ0) is 15.9. The van der Waals surface area contributed by atoms with E-state index in [1.54, 1.807) is 6.20 Å². The van der Waals surface area contributed by atoms with Gasteiger partial charge in [0.25, 0.3) is 0 Å². The van der Waals surface area contributed by atoms with Gasteiger partial charge in [0.2, 0.25) is 0 Å². The third-order valence-electron chi connectivity index (χ3n) is 4.47. The number of imidazole rings is 1. The molecule has 2 heterocycles. The Morgan fingerprint density at radius 2 is 1.33 bits per heavy atom. The Hall–Kier alpha value is -3.33. The average molecular weight is 309 g/mol. The highest BCUT2D eigenvalue weighted by molar-refractivity contribution is 6.09. The number of hydrogen-bond acceptors (Lipinski definition) is 1. The molecule has 24 heavy (non-hydrogen) atoms. The fourth-order valence-electron chi connectivity index (χ4n) is 3.41. The average Bonchev–Trinajstić information content (AvgIpc) is 3.28. The molecule has 3 aromatic carbocycles. The fraction of sp³-hybridized carbons (Fsp3) is 0. The molecule has 0 saturated heterocycles. The van der Waals surface area contributed by atoms with E-state index in [1.807, 2.05) is 17.1 Å². The summed E-state index contributed by atoms with van der Waals surface area (Å²) in [5.74, 6) is 0. The van der Waals surface area contributed by atoms with Gasteiger partial charge in [-0.3, -0.25) is 0 Å². The van der Waals surface area contributed by atoms with Gasteiger partial charge in [0.1, 0.15) is 0 Å². The van der Waals surface area contributed by atoms with E-state index < -0.39 is 0 Å². The molecule has 0 saturated carbocycles. The predicted octanol–water partition coefficient (Wildman–Crippen LogP) is 4.97. The van der Waals surface area contributed by atoms with Gasteiger partial charge >= 0.3 is 0 Å². The first-order valence-corrected chi connectivity index (χ1v) is 7.99. The van der Waals surface area contributed by atoms with Gasteiger partial charge in [0, 0.05) is 34.5 Å². The summed E-state index contributed by atoms with van der Waals surface area (Å²) in [6.45, 7) is 0. The highest BCUT2D eigenvalue weighted by Gasteiger charge is 2.11. The van der Waals surface area contributed by atoms with Crippen molar-refractivity contribution in [2.75, 3.05) is 0 Å². The van der Waals surface area contributed by atoms with Crippen LogP contribution in [0.2, 0.25) is 0 Å². The second kappa shape index (κ2) is 5.10. The lowest BCUT2D eigenvalue weighted by atomic mass is 10.2. The lowest BCUT2D eigenvalue weighted by molar-refractivity contribution is 1.05. The molecule has 5 aromatic rings. The minimum absolute atomic E-state index is 1.10. The Morgan fingerprint density at radius 3 is 2.00 bits per heavy atom. The summed E-state index contributed by atoms with van der Waals surface area (Å²) >= 11 is 0. The van der Waals surface area contributed by atoms with Crippen molar-refractivity contribution in [3.8, 4) is 11.4 Å². The first-order chi connectivity index (χ1) is 11.9. The van der Waals surface area contributed by atoms with Crippen molar-refractivity contribution >= 4 is 21.8 Å². The number of para-hydroxylation sites is 2. The summed E-state index contributed by atoms with van der Waals surface area (Å²) in [5.41, 5.74) is 4.70. The van der Waals surface area contributed by atoms with Gasteiger partial charge < -0.3 is 9.13 Å². The van der Waals surface area contributed by atoms with E-state index in [9.17, 15) is 0 Å². The summed E-state index contributed by atoms with van der Waals surface area (Å²) in [4.78, 5) is 4.15. The molecule has 0 N–H and O–H groups in total. The third-order valence-corrected chi connectivity index (χ3v) is 4.47. The molecule has 0 aliphatic carbocycles. The topological polar surface area (TPSA) is 22.8 Å². The third kappa shape index (κ3) is 1.88. The molecule has 3 nitrogen and oxygen atoms in total. The Labute approximate surface area is 139 Å². The van der Waals surface area contributed by atoms with Crippen LogP contribution >= 0.6 is 0 Å². The number of benzene rings is 3. The summed E-state index contributed by atoms with van der Waals surface area (Å²) in [6.07, 6.45) is 5.59. The monoisotopic (exact) mass is 309 g/mol. The number of nitrogens with zero attached hydrogens (tertiary/aromatic N) is 3. The molecule has 0 spiro atoms. The second-order valence-corrected chi connectivity index (χ2v) is 5.86. The largest absolute Gasteiger partial charge is 0.309 e. The van der Waals surface area contributed by atoms with Crippen LogP contribution < -0.4 is 0 Å². The summed E-state index contributed by atoms with van der Waals surface area (Å²) in [7, 11) is 0. The quantitative estimate of drug-likeness (QED) is 0.451. The van der Waals surface area contributed by atoms with Crippen molar-refractivity contribution in [2.24, 2.45) is 0 Å². The van der Waals surface area contributed by atoms with Crippen molar-refractivity contribution in [2.45, 2.75) is 0 Å². The van der Waals surface area contributed by atoms with E-state index in [0.29, 0.717) is 0 Å². The standard InChI is InChI=1S/C21H15N3/c1-3-10-20-18(8-1)19-9-2-4-11-21(19)24(20)17-7-5-6-16(14-17)23-13-12-22-15-23/h1-15H. The van der Waals surface area contributed by atoms with E-state index >= 15 is 0 Å². The van der Waals surface area contributed by atoms with Crippen LogP contribution in [0.4, 0.5) is 0 Å². The maximum absolute atomic E-state index is 4.15. The highest BCUT2D eigenvalue weighted by Crippen LogP contribution is 2.32. The van der Waals surface area contributed by atoms with Gasteiger partial charge in [0.15, 0.2) is 0 Å². The zero-order valence-electron chi connectivity index (χ0n) is 13.0. The molecule has 3 heteroatoms. The normalized spacial score (nSPS) is 11.3. The zero-order valence-corrected chi connectivity index (χ0v) is 13.0. The van der Waals surface area contributed by atoms with Crippen LogP contribution in [0.1, 0.15) is 0 Å². The minimum atomic E-state index is 1.10. The predicted molar refractivity (Wildman–Crippen MR) is 97.9 cm³/mol. The molecule has 0 fully saturated rings. The molecule has 0 amide bonds. The highest BCUT2D eigenvalue weighted by atomic mass is 15.0.